The first-order valence-corrected chi connectivity index (χ1v) is 10.7. The lowest BCUT2D eigenvalue weighted by Crippen LogP contribution is -2.40. The quantitative estimate of drug-likeness (QED) is 0.578. The highest BCUT2D eigenvalue weighted by Gasteiger charge is 2.29. The highest BCUT2D eigenvalue weighted by atomic mass is 32.1. The maximum Gasteiger partial charge on any atom is 0.341 e. The average Bonchev–Trinajstić information content (AvgIpc) is 3.05. The first kappa shape index (κ1) is 21.8. The van der Waals surface area contributed by atoms with Crippen molar-refractivity contribution in [3.8, 4) is 0 Å². The van der Waals surface area contributed by atoms with Crippen molar-refractivity contribution < 1.29 is 19.1 Å². The van der Waals surface area contributed by atoms with Gasteiger partial charge in [0, 0.05) is 30.0 Å². The molecule has 6 nitrogen and oxygen atoms in total. The van der Waals surface area contributed by atoms with Gasteiger partial charge < -0.3 is 15.0 Å². The summed E-state index contributed by atoms with van der Waals surface area (Å²) in [6.45, 7) is 4.82. The fourth-order valence-electron chi connectivity index (χ4n) is 3.48. The van der Waals surface area contributed by atoms with E-state index < -0.39 is 5.97 Å². The molecule has 1 aromatic carbocycles. The molecule has 2 aromatic rings. The van der Waals surface area contributed by atoms with Gasteiger partial charge in [0.25, 0.3) is 0 Å². The smallest absolute Gasteiger partial charge is 0.341 e. The molecule has 0 bridgehead atoms. The van der Waals surface area contributed by atoms with Gasteiger partial charge in [-0.05, 0) is 43.9 Å². The van der Waals surface area contributed by atoms with Gasteiger partial charge in [-0.15, -0.1) is 11.3 Å². The number of aryl methyl sites for hydroxylation is 1. The third-order valence-corrected chi connectivity index (χ3v) is 6.53. The number of hydrogen-bond acceptors (Lipinski definition) is 5. The molecule has 0 saturated carbocycles. The van der Waals surface area contributed by atoms with Crippen LogP contribution in [0.2, 0.25) is 0 Å². The van der Waals surface area contributed by atoms with Gasteiger partial charge in [0.1, 0.15) is 5.00 Å². The molecule has 1 fully saturated rings. The fraction of sp³-hybridized carbons (Fsp3) is 0.348. The second kappa shape index (κ2) is 9.71. The summed E-state index contributed by atoms with van der Waals surface area (Å²) >= 11 is 1.38. The van der Waals surface area contributed by atoms with E-state index >= 15 is 0 Å². The van der Waals surface area contributed by atoms with Crippen LogP contribution in [0.3, 0.4) is 0 Å². The van der Waals surface area contributed by atoms with Crippen LogP contribution in [0.4, 0.5) is 5.00 Å². The summed E-state index contributed by atoms with van der Waals surface area (Å²) < 4.78 is 4.86. The molecule has 3 rings (SSSR count). The van der Waals surface area contributed by atoms with Gasteiger partial charge in [0.15, 0.2) is 0 Å². The lowest BCUT2D eigenvalue weighted by molar-refractivity contribution is -0.130. The number of likely N-dealkylation sites (tertiary alicyclic amines) is 1. The van der Waals surface area contributed by atoms with E-state index in [0.717, 1.165) is 16.0 Å². The summed E-state index contributed by atoms with van der Waals surface area (Å²) in [5.41, 5.74) is 2.22. The third kappa shape index (κ3) is 4.97. The second-order valence-electron chi connectivity index (χ2n) is 7.31. The SMILES string of the molecule is COC(=O)c1c(NC(=O)C2CCN(C(=O)/C=C/c3ccccc3)CC2)sc(C)c1C. The standard InChI is InChI=1S/C23H26N2O4S/c1-15-16(2)30-22(20(15)23(28)29-3)24-21(27)18-11-13-25(14-12-18)19(26)10-9-17-7-5-4-6-8-17/h4-10,18H,11-14H2,1-3H3,(H,24,27)/b10-9+. The van der Waals surface area contributed by atoms with E-state index in [9.17, 15) is 14.4 Å². The number of methoxy groups -OCH3 is 1. The Bertz CT molecular complexity index is 957. The van der Waals surface area contributed by atoms with Crippen molar-refractivity contribution in [1.82, 2.24) is 4.90 Å². The molecule has 30 heavy (non-hydrogen) atoms. The fourth-order valence-corrected chi connectivity index (χ4v) is 4.53. The Balaban J connectivity index is 1.57. The zero-order valence-corrected chi connectivity index (χ0v) is 18.3. The zero-order chi connectivity index (χ0) is 21.7. The Labute approximate surface area is 180 Å². The number of carbonyl (C=O) groups is 3. The van der Waals surface area contributed by atoms with Gasteiger partial charge in [0.05, 0.1) is 12.7 Å². The average molecular weight is 427 g/mol. The van der Waals surface area contributed by atoms with Crippen LogP contribution < -0.4 is 5.32 Å². The molecule has 2 heterocycles. The number of benzene rings is 1. The van der Waals surface area contributed by atoms with E-state index in [2.05, 4.69) is 5.32 Å². The molecule has 1 aliphatic rings. The first-order valence-electron chi connectivity index (χ1n) is 9.92. The van der Waals surface area contributed by atoms with Crippen molar-refractivity contribution in [3.05, 3.63) is 58.0 Å². The van der Waals surface area contributed by atoms with E-state index in [0.29, 0.717) is 36.5 Å². The number of ether oxygens (including phenoxy) is 1. The summed E-state index contributed by atoms with van der Waals surface area (Å²) in [6.07, 6.45) is 4.56. The minimum atomic E-state index is -0.447. The molecule has 2 amide bonds. The molecular weight excluding hydrogens is 400 g/mol. The minimum Gasteiger partial charge on any atom is -0.465 e. The van der Waals surface area contributed by atoms with Crippen LogP contribution in [0.15, 0.2) is 36.4 Å². The van der Waals surface area contributed by atoms with Crippen LogP contribution in [0.5, 0.6) is 0 Å². The highest BCUT2D eigenvalue weighted by Crippen LogP contribution is 2.33. The molecule has 1 aromatic heterocycles. The topological polar surface area (TPSA) is 75.7 Å². The summed E-state index contributed by atoms with van der Waals surface area (Å²) in [6, 6.07) is 9.67. The number of hydrogen-bond donors (Lipinski definition) is 1. The van der Waals surface area contributed by atoms with Crippen molar-refractivity contribution in [3.63, 3.8) is 0 Å². The summed E-state index contributed by atoms with van der Waals surface area (Å²) in [4.78, 5) is 40.0. The summed E-state index contributed by atoms with van der Waals surface area (Å²) in [7, 11) is 1.33. The van der Waals surface area contributed by atoms with Crippen LogP contribution in [0.25, 0.3) is 6.08 Å². The largest absolute Gasteiger partial charge is 0.465 e. The van der Waals surface area contributed by atoms with Crippen molar-refractivity contribution in [2.75, 3.05) is 25.5 Å². The van der Waals surface area contributed by atoms with E-state index in [-0.39, 0.29) is 17.7 Å². The number of esters is 1. The minimum absolute atomic E-state index is 0.0461. The van der Waals surface area contributed by atoms with Crippen LogP contribution in [-0.2, 0) is 14.3 Å². The van der Waals surface area contributed by atoms with E-state index in [1.165, 1.54) is 18.4 Å². The summed E-state index contributed by atoms with van der Waals surface area (Å²) in [5, 5.41) is 3.44. The van der Waals surface area contributed by atoms with Gasteiger partial charge in [-0.3, -0.25) is 9.59 Å². The monoisotopic (exact) mass is 426 g/mol. The molecule has 7 heteroatoms. The highest BCUT2D eigenvalue weighted by molar-refractivity contribution is 7.16. The number of nitrogens with one attached hydrogen (secondary N) is 1. The van der Waals surface area contributed by atoms with Gasteiger partial charge >= 0.3 is 5.97 Å². The normalized spacial score (nSPS) is 14.7. The predicted octanol–water partition coefficient (Wildman–Crippen LogP) is 4.04. The van der Waals surface area contributed by atoms with E-state index in [1.807, 2.05) is 44.2 Å². The van der Waals surface area contributed by atoms with Crippen LogP contribution >= 0.6 is 11.3 Å². The zero-order valence-electron chi connectivity index (χ0n) is 17.4. The molecular formula is C23H26N2O4S. The molecule has 1 aliphatic heterocycles. The predicted molar refractivity (Wildman–Crippen MR) is 119 cm³/mol. The lowest BCUT2D eigenvalue weighted by atomic mass is 9.95. The molecule has 1 saturated heterocycles. The number of anilines is 1. The van der Waals surface area contributed by atoms with Crippen LogP contribution in [0, 0.1) is 19.8 Å². The van der Waals surface area contributed by atoms with Crippen molar-refractivity contribution in [2.24, 2.45) is 5.92 Å². The van der Waals surface area contributed by atoms with Crippen molar-refractivity contribution in [1.29, 1.82) is 0 Å². The molecule has 0 spiro atoms. The van der Waals surface area contributed by atoms with Crippen LogP contribution in [0.1, 0.15) is 39.2 Å². The number of piperidine rings is 1. The second-order valence-corrected chi connectivity index (χ2v) is 8.54. The van der Waals surface area contributed by atoms with Crippen LogP contribution in [-0.4, -0.2) is 42.9 Å². The van der Waals surface area contributed by atoms with Gasteiger partial charge in [0.2, 0.25) is 11.8 Å². The number of rotatable bonds is 5. The Hall–Kier alpha value is -2.93. The molecule has 158 valence electrons. The van der Waals surface area contributed by atoms with Gasteiger partial charge in [-0.1, -0.05) is 30.3 Å². The number of carbonyl (C=O) groups excluding carboxylic acids is 3. The summed E-state index contributed by atoms with van der Waals surface area (Å²) in [5.74, 6) is -0.804. The molecule has 0 radical (unpaired) electrons. The Morgan fingerprint density at radius 3 is 2.43 bits per heavy atom. The van der Waals surface area contributed by atoms with Gasteiger partial charge in [-0.25, -0.2) is 4.79 Å². The Kier molecular flexibility index (Phi) is 7.05. The molecule has 0 unspecified atom stereocenters. The number of thiophene rings is 1. The molecule has 0 aliphatic carbocycles. The Morgan fingerprint density at radius 2 is 1.80 bits per heavy atom. The first-order chi connectivity index (χ1) is 14.4. The van der Waals surface area contributed by atoms with Gasteiger partial charge in [-0.2, -0.15) is 0 Å². The van der Waals surface area contributed by atoms with Crippen molar-refractivity contribution in [2.45, 2.75) is 26.7 Å². The number of nitrogens with zero attached hydrogens (tertiary/aromatic N) is 1. The number of amides is 2. The third-order valence-electron chi connectivity index (χ3n) is 5.41. The lowest BCUT2D eigenvalue weighted by Gasteiger charge is -2.30. The molecule has 1 N–H and O–H groups in total. The van der Waals surface area contributed by atoms with E-state index in [1.54, 1.807) is 17.1 Å². The van der Waals surface area contributed by atoms with Crippen molar-refractivity contribution >= 4 is 40.2 Å². The maximum atomic E-state index is 12.8. The molecule has 0 atom stereocenters. The Morgan fingerprint density at radius 1 is 1.13 bits per heavy atom. The van der Waals surface area contributed by atoms with E-state index in [4.69, 9.17) is 4.74 Å². The maximum absolute atomic E-state index is 12.8.